The molecular formula is C6H4ClF2N3O4S. The summed E-state index contributed by atoms with van der Waals surface area (Å²) >= 11 is 0. The first kappa shape index (κ1) is 13.5. The molecule has 0 saturated heterocycles. The number of pyridine rings is 1. The quantitative estimate of drug-likeness (QED) is 0.511. The molecule has 0 saturated carbocycles. The number of nitrogens with zero attached hydrogens (tertiary/aromatic N) is 2. The van der Waals surface area contributed by atoms with Crippen LogP contribution in [-0.2, 0) is 9.05 Å². The third-order valence-corrected chi connectivity index (χ3v) is 2.87. The summed E-state index contributed by atoms with van der Waals surface area (Å²) in [5, 5.41) is 9.52. The molecule has 0 bridgehead atoms. The summed E-state index contributed by atoms with van der Waals surface area (Å²) in [4.78, 5) is 12.2. The number of nitrogens with two attached hydrogens (primary N) is 1. The molecule has 0 atom stereocenters. The molecule has 0 fully saturated rings. The van der Waals surface area contributed by atoms with E-state index >= 15 is 0 Å². The van der Waals surface area contributed by atoms with Crippen LogP contribution in [0.3, 0.4) is 0 Å². The summed E-state index contributed by atoms with van der Waals surface area (Å²) in [5.41, 5.74) is 3.21. The Balaban J connectivity index is 3.64. The molecule has 94 valence electrons. The summed E-state index contributed by atoms with van der Waals surface area (Å²) in [7, 11) is 0.491. The maximum atomic E-state index is 12.5. The molecule has 0 aliphatic heterocycles. The van der Waals surface area contributed by atoms with E-state index in [1.54, 1.807) is 0 Å². The molecule has 0 aliphatic carbocycles. The number of anilines is 1. The van der Waals surface area contributed by atoms with Crippen molar-refractivity contribution >= 4 is 31.2 Å². The molecule has 0 aliphatic rings. The second-order valence-electron chi connectivity index (χ2n) is 2.78. The van der Waals surface area contributed by atoms with E-state index in [-0.39, 0.29) is 0 Å². The van der Waals surface area contributed by atoms with Crippen LogP contribution in [0.5, 0.6) is 0 Å². The van der Waals surface area contributed by atoms with E-state index in [0.29, 0.717) is 6.07 Å². The van der Waals surface area contributed by atoms with Crippen molar-refractivity contribution in [3.8, 4) is 0 Å². The first-order chi connectivity index (χ1) is 7.64. The minimum atomic E-state index is -4.39. The van der Waals surface area contributed by atoms with Gasteiger partial charge in [-0.1, -0.05) is 0 Å². The van der Waals surface area contributed by atoms with Crippen molar-refractivity contribution in [1.82, 2.24) is 4.98 Å². The number of hydrogen-bond donors (Lipinski definition) is 1. The molecule has 11 heteroatoms. The Morgan fingerprint density at radius 1 is 1.53 bits per heavy atom. The Morgan fingerprint density at radius 3 is 2.41 bits per heavy atom. The number of nitro groups is 1. The van der Waals surface area contributed by atoms with Gasteiger partial charge in [-0.2, -0.15) is 0 Å². The van der Waals surface area contributed by atoms with Crippen LogP contribution < -0.4 is 5.73 Å². The van der Waals surface area contributed by atoms with Gasteiger partial charge in [0.05, 0.1) is 5.69 Å². The third kappa shape index (κ3) is 2.77. The molecule has 0 aromatic carbocycles. The number of rotatable bonds is 3. The highest BCUT2D eigenvalue weighted by molar-refractivity contribution is 8.13. The van der Waals surface area contributed by atoms with Gasteiger partial charge in [-0.25, -0.2) is 17.2 Å². The van der Waals surface area contributed by atoms with Gasteiger partial charge in [-0.15, -0.1) is 0 Å². The van der Waals surface area contributed by atoms with Crippen LogP contribution in [0.1, 0.15) is 12.0 Å². The zero-order valence-electron chi connectivity index (χ0n) is 7.80. The molecule has 0 unspecified atom stereocenters. The predicted octanol–water partition coefficient (Wildman–Crippen LogP) is 1.44. The molecule has 0 radical (unpaired) electrons. The van der Waals surface area contributed by atoms with Crippen molar-refractivity contribution in [2.24, 2.45) is 0 Å². The number of aromatic nitrogens is 1. The van der Waals surface area contributed by atoms with Crippen LogP contribution in [0.15, 0.2) is 11.1 Å². The van der Waals surface area contributed by atoms with Crippen LogP contribution in [0.2, 0.25) is 0 Å². The van der Waals surface area contributed by atoms with Gasteiger partial charge in [0.2, 0.25) is 0 Å². The van der Waals surface area contributed by atoms with E-state index in [9.17, 15) is 27.3 Å². The standard InChI is InChI=1S/C6H4ClF2N3O4S/c7-17(15,16)3-1-2(10)4(5(8)9)6(11-3)12(13)14/h1,5H,(H2,10,11). The number of nitrogen functional groups attached to an aromatic ring is 1. The van der Waals surface area contributed by atoms with Crippen LogP contribution in [0.4, 0.5) is 20.3 Å². The van der Waals surface area contributed by atoms with Gasteiger partial charge in [0, 0.05) is 16.7 Å². The summed E-state index contributed by atoms with van der Waals surface area (Å²) in [6.45, 7) is 0. The van der Waals surface area contributed by atoms with Crippen LogP contribution in [-0.4, -0.2) is 18.3 Å². The van der Waals surface area contributed by atoms with Crippen LogP contribution >= 0.6 is 10.7 Å². The molecule has 0 amide bonds. The monoisotopic (exact) mass is 287 g/mol. The van der Waals surface area contributed by atoms with Gasteiger partial charge in [0.15, 0.2) is 0 Å². The smallest absolute Gasteiger partial charge is 0.375 e. The van der Waals surface area contributed by atoms with Crippen molar-refractivity contribution in [2.75, 3.05) is 5.73 Å². The minimum absolute atomic E-state index is 0.539. The summed E-state index contributed by atoms with van der Waals surface area (Å²) in [5.74, 6) is -1.33. The minimum Gasteiger partial charge on any atom is -0.398 e. The van der Waals surface area contributed by atoms with Gasteiger partial charge < -0.3 is 15.8 Å². The lowest BCUT2D eigenvalue weighted by molar-refractivity contribution is -0.391. The average molecular weight is 288 g/mol. The van der Waals surface area contributed by atoms with Crippen LogP contribution in [0.25, 0.3) is 0 Å². The van der Waals surface area contributed by atoms with Gasteiger partial charge in [-0.3, -0.25) is 0 Å². The Morgan fingerprint density at radius 2 is 2.06 bits per heavy atom. The Hall–Kier alpha value is -1.55. The maximum absolute atomic E-state index is 12.5. The van der Waals surface area contributed by atoms with E-state index in [1.165, 1.54) is 0 Å². The lowest BCUT2D eigenvalue weighted by Gasteiger charge is -2.05. The summed E-state index contributed by atoms with van der Waals surface area (Å²) in [6.07, 6.45) is -3.25. The Labute approximate surface area is 97.8 Å². The van der Waals surface area contributed by atoms with E-state index in [1.807, 2.05) is 0 Å². The van der Waals surface area contributed by atoms with Gasteiger partial charge in [0.25, 0.3) is 11.5 Å². The first-order valence-corrected chi connectivity index (χ1v) is 6.13. The zero-order valence-corrected chi connectivity index (χ0v) is 9.37. The molecule has 1 heterocycles. The van der Waals surface area contributed by atoms with Gasteiger partial charge in [-0.05, 0) is 9.91 Å². The van der Waals surface area contributed by atoms with E-state index in [0.717, 1.165) is 0 Å². The Kier molecular flexibility index (Phi) is 3.48. The molecular weight excluding hydrogens is 284 g/mol. The fourth-order valence-corrected chi connectivity index (χ4v) is 1.72. The van der Waals surface area contributed by atoms with Crippen molar-refractivity contribution < 1.29 is 22.1 Å². The SMILES string of the molecule is Nc1cc(S(=O)(=O)Cl)nc([N+](=O)[O-])c1C(F)F. The highest BCUT2D eigenvalue weighted by atomic mass is 35.7. The number of hydrogen-bond acceptors (Lipinski definition) is 6. The molecule has 1 rings (SSSR count). The molecule has 1 aromatic heterocycles. The largest absolute Gasteiger partial charge is 0.398 e. The van der Waals surface area contributed by atoms with E-state index in [2.05, 4.69) is 4.98 Å². The lowest BCUT2D eigenvalue weighted by Crippen LogP contribution is -2.07. The molecule has 17 heavy (non-hydrogen) atoms. The fourth-order valence-electron chi connectivity index (χ4n) is 1.02. The highest BCUT2D eigenvalue weighted by Gasteiger charge is 2.31. The van der Waals surface area contributed by atoms with Gasteiger partial charge >= 0.3 is 14.9 Å². The topological polar surface area (TPSA) is 116 Å². The first-order valence-electron chi connectivity index (χ1n) is 3.82. The second kappa shape index (κ2) is 4.37. The van der Waals surface area contributed by atoms with Crippen molar-refractivity contribution in [3.05, 3.63) is 21.7 Å². The van der Waals surface area contributed by atoms with Gasteiger partial charge in [0.1, 0.15) is 5.56 Å². The lowest BCUT2D eigenvalue weighted by atomic mass is 10.2. The third-order valence-electron chi connectivity index (χ3n) is 1.69. The molecule has 7 nitrogen and oxygen atoms in total. The van der Waals surface area contributed by atoms with Crippen LogP contribution in [0, 0.1) is 10.1 Å². The highest BCUT2D eigenvalue weighted by Crippen LogP contribution is 2.34. The Bertz CT molecular complexity index is 577. The zero-order chi connectivity index (χ0) is 13.4. The van der Waals surface area contributed by atoms with E-state index in [4.69, 9.17) is 16.4 Å². The van der Waals surface area contributed by atoms with Crippen molar-refractivity contribution in [3.63, 3.8) is 0 Å². The van der Waals surface area contributed by atoms with Crippen molar-refractivity contribution in [1.29, 1.82) is 0 Å². The second-order valence-corrected chi connectivity index (χ2v) is 5.30. The molecule has 0 spiro atoms. The van der Waals surface area contributed by atoms with Crippen molar-refractivity contribution in [2.45, 2.75) is 11.5 Å². The summed E-state index contributed by atoms with van der Waals surface area (Å²) in [6, 6.07) is 0.539. The number of alkyl halides is 2. The van der Waals surface area contributed by atoms with E-state index < -0.39 is 42.5 Å². The molecule has 2 N–H and O–H groups in total. The number of halogens is 3. The average Bonchev–Trinajstić information content (AvgIpc) is 2.13. The maximum Gasteiger partial charge on any atom is 0.375 e. The summed E-state index contributed by atoms with van der Waals surface area (Å²) < 4.78 is 46.7. The normalized spacial score (nSPS) is 11.8. The molecule has 1 aromatic rings. The predicted molar refractivity (Wildman–Crippen MR) is 53.3 cm³/mol. The fraction of sp³-hybridized carbons (Fsp3) is 0.167.